The van der Waals surface area contributed by atoms with Crippen molar-refractivity contribution in [2.24, 2.45) is 0 Å². The van der Waals surface area contributed by atoms with E-state index in [-0.39, 0.29) is 17.9 Å². The number of carbonyl (C=O) groups excluding carboxylic acids is 2. The van der Waals surface area contributed by atoms with Crippen LogP contribution in [0.4, 0.5) is 0 Å². The first-order valence-corrected chi connectivity index (χ1v) is 12.4. The molecule has 0 bridgehead atoms. The number of hydrogen-bond donors (Lipinski definition) is 2. The lowest BCUT2D eigenvalue weighted by Gasteiger charge is -2.29. The van der Waals surface area contributed by atoms with Gasteiger partial charge in [-0.15, -0.1) is 11.3 Å². The van der Waals surface area contributed by atoms with E-state index in [1.54, 1.807) is 29.7 Å². The summed E-state index contributed by atoms with van der Waals surface area (Å²) in [6.45, 7) is -0.181. The second-order valence-electron chi connectivity index (χ2n) is 7.19. The van der Waals surface area contributed by atoms with Crippen molar-refractivity contribution in [3.05, 3.63) is 82.0 Å². The smallest absolute Gasteiger partial charge is 0.337 e. The fourth-order valence-electron chi connectivity index (χ4n) is 3.31. The molecule has 0 saturated carbocycles. The van der Waals surface area contributed by atoms with Crippen LogP contribution >= 0.6 is 11.3 Å². The van der Waals surface area contributed by atoms with E-state index in [9.17, 15) is 23.2 Å². The van der Waals surface area contributed by atoms with Gasteiger partial charge in [0.05, 0.1) is 24.7 Å². The number of carbonyl (C=O) groups is 2. The molecule has 9 nitrogen and oxygen atoms in total. The second-order valence-corrected chi connectivity index (χ2v) is 10.1. The number of rotatable bonds is 10. The van der Waals surface area contributed by atoms with Crippen LogP contribution in [0.1, 0.15) is 20.8 Å². The highest BCUT2D eigenvalue weighted by atomic mass is 32.2. The van der Waals surface area contributed by atoms with Gasteiger partial charge in [0, 0.05) is 17.8 Å². The van der Waals surface area contributed by atoms with Crippen molar-refractivity contribution >= 4 is 33.2 Å². The van der Waals surface area contributed by atoms with E-state index in [2.05, 4.69) is 0 Å². The van der Waals surface area contributed by atoms with Gasteiger partial charge in [-0.05, 0) is 53.4 Å². The molecule has 0 aliphatic rings. The molecule has 0 unspecified atom stereocenters. The number of nitrogens with one attached hydrogen (secondary N) is 1. The molecule has 0 radical (unpaired) electrons. The molecule has 1 aromatic heterocycles. The van der Waals surface area contributed by atoms with Gasteiger partial charge in [-0.1, -0.05) is 18.2 Å². The Kier molecular flexibility index (Phi) is 8.40. The van der Waals surface area contributed by atoms with Gasteiger partial charge >= 0.3 is 5.97 Å². The number of methoxy groups -OCH3 is 2. The third-order valence-electron chi connectivity index (χ3n) is 5.11. The molecule has 0 spiro atoms. The van der Waals surface area contributed by atoms with Crippen LogP contribution in [0.2, 0.25) is 0 Å². The molecule has 1 heterocycles. The standard InChI is InChI=1S/C23H24N2O7S2/c1-31-18-9-11-20(12-10-18)34(29,30)25(15-16-5-7-17(8-6-16)23(27)32-2)21(22(26)24-28)14-19-4-3-13-33-19/h3-13,21,28H,14-15H2,1-2H3,(H,24,26)/t21-/m1/s1. The highest BCUT2D eigenvalue weighted by molar-refractivity contribution is 7.89. The normalized spacial score (nSPS) is 12.2. The van der Waals surface area contributed by atoms with Crippen molar-refractivity contribution < 1.29 is 32.7 Å². The van der Waals surface area contributed by atoms with Crippen molar-refractivity contribution in [2.45, 2.75) is 23.9 Å². The minimum atomic E-state index is -4.19. The molecule has 0 aliphatic heterocycles. The molecule has 11 heteroatoms. The lowest BCUT2D eigenvalue weighted by atomic mass is 10.1. The fourth-order valence-corrected chi connectivity index (χ4v) is 5.63. The Hall–Kier alpha value is -3.25. The highest BCUT2D eigenvalue weighted by Gasteiger charge is 2.36. The van der Waals surface area contributed by atoms with E-state index in [4.69, 9.17) is 9.47 Å². The predicted molar refractivity (Wildman–Crippen MR) is 125 cm³/mol. The molecule has 2 N–H and O–H groups in total. The molecule has 2 aromatic carbocycles. The van der Waals surface area contributed by atoms with E-state index < -0.39 is 27.9 Å². The number of hydrogen-bond acceptors (Lipinski definition) is 8. The predicted octanol–water partition coefficient (Wildman–Crippen LogP) is 2.85. The first-order valence-electron chi connectivity index (χ1n) is 10.1. The maximum atomic E-state index is 13.7. The summed E-state index contributed by atoms with van der Waals surface area (Å²) in [6, 6.07) is 14.3. The van der Waals surface area contributed by atoms with Crippen molar-refractivity contribution in [1.82, 2.24) is 9.79 Å². The van der Waals surface area contributed by atoms with Gasteiger partial charge in [-0.3, -0.25) is 10.0 Å². The quantitative estimate of drug-likeness (QED) is 0.247. The van der Waals surface area contributed by atoms with Crippen LogP contribution in [0.5, 0.6) is 5.75 Å². The SMILES string of the molecule is COC(=O)c1ccc(CN([C@H](Cc2cccs2)C(=O)NO)S(=O)(=O)c2ccc(OC)cc2)cc1. The first kappa shape index (κ1) is 25.4. The summed E-state index contributed by atoms with van der Waals surface area (Å²) in [7, 11) is -1.46. The lowest BCUT2D eigenvalue weighted by molar-refractivity contribution is -0.133. The third-order valence-corrected chi connectivity index (χ3v) is 7.88. The van der Waals surface area contributed by atoms with E-state index in [0.717, 1.165) is 9.18 Å². The van der Waals surface area contributed by atoms with Crippen molar-refractivity contribution in [1.29, 1.82) is 0 Å². The largest absolute Gasteiger partial charge is 0.497 e. The molecular formula is C23H24N2O7S2. The Labute approximate surface area is 201 Å². The van der Waals surface area contributed by atoms with Crippen LogP contribution in [0.3, 0.4) is 0 Å². The van der Waals surface area contributed by atoms with E-state index in [1.807, 2.05) is 5.38 Å². The summed E-state index contributed by atoms with van der Waals surface area (Å²) in [5.41, 5.74) is 2.43. The van der Waals surface area contributed by atoms with Crippen LogP contribution < -0.4 is 10.2 Å². The van der Waals surface area contributed by atoms with Gasteiger partial charge in [0.2, 0.25) is 10.0 Å². The van der Waals surface area contributed by atoms with E-state index in [0.29, 0.717) is 16.9 Å². The van der Waals surface area contributed by atoms with Crippen molar-refractivity contribution in [3.8, 4) is 5.75 Å². The number of hydroxylamine groups is 1. The van der Waals surface area contributed by atoms with Crippen molar-refractivity contribution in [2.75, 3.05) is 14.2 Å². The average Bonchev–Trinajstić information content (AvgIpc) is 3.38. The molecule has 0 aliphatic carbocycles. The Morgan fingerprint density at radius 1 is 1.06 bits per heavy atom. The van der Waals surface area contributed by atoms with Gasteiger partial charge in [-0.25, -0.2) is 18.7 Å². The van der Waals surface area contributed by atoms with Crippen LogP contribution in [0.25, 0.3) is 0 Å². The maximum absolute atomic E-state index is 13.7. The number of esters is 1. The summed E-state index contributed by atoms with van der Waals surface area (Å²) in [4.78, 5) is 25.2. The van der Waals surface area contributed by atoms with E-state index in [1.165, 1.54) is 62.0 Å². The molecule has 180 valence electrons. The average molecular weight is 505 g/mol. The number of benzene rings is 2. The minimum Gasteiger partial charge on any atom is -0.497 e. The Balaban J connectivity index is 2.04. The molecular weight excluding hydrogens is 480 g/mol. The minimum absolute atomic E-state index is 0.0404. The molecule has 34 heavy (non-hydrogen) atoms. The van der Waals surface area contributed by atoms with Crippen LogP contribution in [-0.4, -0.2) is 50.1 Å². The van der Waals surface area contributed by atoms with Gasteiger partial charge < -0.3 is 9.47 Å². The van der Waals surface area contributed by atoms with Crippen LogP contribution in [0.15, 0.2) is 70.9 Å². The molecule has 0 fully saturated rings. The molecule has 0 saturated heterocycles. The third kappa shape index (κ3) is 5.81. The molecule has 1 amide bonds. The zero-order valence-electron chi connectivity index (χ0n) is 18.5. The maximum Gasteiger partial charge on any atom is 0.337 e. The fraction of sp³-hybridized carbons (Fsp3) is 0.217. The zero-order chi connectivity index (χ0) is 24.7. The summed E-state index contributed by atoms with van der Waals surface area (Å²) in [6.07, 6.45) is 0.0552. The van der Waals surface area contributed by atoms with Crippen molar-refractivity contribution in [3.63, 3.8) is 0 Å². The number of nitrogens with zero attached hydrogens (tertiary/aromatic N) is 1. The lowest BCUT2D eigenvalue weighted by Crippen LogP contribution is -2.49. The van der Waals surface area contributed by atoms with Gasteiger partial charge in [-0.2, -0.15) is 4.31 Å². The van der Waals surface area contributed by atoms with Gasteiger partial charge in [0.25, 0.3) is 5.91 Å². The van der Waals surface area contributed by atoms with Crippen LogP contribution in [-0.2, 0) is 32.5 Å². The summed E-state index contributed by atoms with van der Waals surface area (Å²) < 4.78 is 38.2. The topological polar surface area (TPSA) is 122 Å². The zero-order valence-corrected chi connectivity index (χ0v) is 20.1. The summed E-state index contributed by atoms with van der Waals surface area (Å²) >= 11 is 1.37. The summed E-state index contributed by atoms with van der Waals surface area (Å²) in [5, 5.41) is 11.2. The number of amides is 1. The number of sulfonamides is 1. The molecule has 3 aromatic rings. The van der Waals surface area contributed by atoms with Crippen LogP contribution in [0, 0.1) is 0 Å². The van der Waals surface area contributed by atoms with Gasteiger partial charge in [0.1, 0.15) is 11.8 Å². The summed E-state index contributed by atoms with van der Waals surface area (Å²) in [5.74, 6) is -0.909. The Bertz CT molecular complexity index is 1210. The monoisotopic (exact) mass is 504 g/mol. The molecule has 3 rings (SSSR count). The van der Waals surface area contributed by atoms with Gasteiger partial charge in [0.15, 0.2) is 0 Å². The highest BCUT2D eigenvalue weighted by Crippen LogP contribution is 2.26. The Morgan fingerprint density at radius 3 is 2.26 bits per heavy atom. The first-order chi connectivity index (χ1) is 16.3. The Morgan fingerprint density at radius 2 is 1.74 bits per heavy atom. The number of ether oxygens (including phenoxy) is 2. The van der Waals surface area contributed by atoms with E-state index >= 15 is 0 Å². The second kappa shape index (κ2) is 11.3. The number of thiophene rings is 1. The molecule has 1 atom stereocenters.